The third kappa shape index (κ3) is 2.90. The molecule has 3 aromatic rings. The second kappa shape index (κ2) is 6.75. The Morgan fingerprint density at radius 2 is 1.65 bits per heavy atom. The Bertz CT molecular complexity index is 1120. The van der Waals surface area contributed by atoms with Gasteiger partial charge in [-0.3, -0.25) is 0 Å². The van der Waals surface area contributed by atoms with E-state index >= 15 is 0 Å². The molecule has 0 aliphatic heterocycles. The molecule has 31 heavy (non-hydrogen) atoms. The summed E-state index contributed by atoms with van der Waals surface area (Å²) in [5, 5.41) is 5.11. The number of hydrogen-bond donors (Lipinski definition) is 0. The molecular weight excluding hydrogens is 396 g/mol. The minimum Gasteiger partial charge on any atom is -0.497 e. The Kier molecular flexibility index (Phi) is 4.18. The molecule has 6 heteroatoms. The van der Waals surface area contributed by atoms with Crippen LogP contribution in [0.3, 0.4) is 0 Å². The molecule has 0 amide bonds. The molecule has 4 saturated carbocycles. The van der Waals surface area contributed by atoms with Crippen molar-refractivity contribution < 1.29 is 13.5 Å². The maximum atomic E-state index is 14.3. The van der Waals surface area contributed by atoms with E-state index in [2.05, 4.69) is 5.10 Å². The zero-order valence-electron chi connectivity index (χ0n) is 17.9. The van der Waals surface area contributed by atoms with Crippen molar-refractivity contribution in [3.8, 4) is 11.4 Å². The van der Waals surface area contributed by atoms with Crippen LogP contribution in [0.15, 0.2) is 30.3 Å². The average molecular weight is 424 g/mol. The lowest BCUT2D eigenvalue weighted by atomic mass is 9.48. The maximum Gasteiger partial charge on any atom is 0.264 e. The van der Waals surface area contributed by atoms with Gasteiger partial charge in [0.15, 0.2) is 5.65 Å². The van der Waals surface area contributed by atoms with E-state index in [0.717, 1.165) is 54.1 Å². The summed E-state index contributed by atoms with van der Waals surface area (Å²) in [6.07, 6.45) is 4.66. The van der Waals surface area contributed by atoms with E-state index in [0.29, 0.717) is 16.7 Å². The summed E-state index contributed by atoms with van der Waals surface area (Å²) in [5.74, 6) is 2.93. The zero-order chi connectivity index (χ0) is 21.3. The number of halogens is 2. The molecular formula is C25H27F2N3O. The molecule has 4 aliphatic carbocycles. The summed E-state index contributed by atoms with van der Waals surface area (Å²) < 4.78 is 35.5. The topological polar surface area (TPSA) is 39.9 Å². The Labute approximate surface area is 180 Å². The number of hydrogen-bond acceptors (Lipinski definition) is 3. The third-order valence-corrected chi connectivity index (χ3v) is 7.98. The minimum absolute atomic E-state index is 0.0461. The van der Waals surface area contributed by atoms with Crippen molar-refractivity contribution in [1.29, 1.82) is 0 Å². The number of methoxy groups -OCH3 is 1. The number of pyridine rings is 1. The van der Waals surface area contributed by atoms with Crippen molar-refractivity contribution >= 4 is 11.0 Å². The number of fused-ring (bicyclic) bond motifs is 1. The number of nitrogens with zero attached hydrogens (tertiary/aromatic N) is 3. The van der Waals surface area contributed by atoms with Crippen LogP contribution in [0.5, 0.6) is 5.75 Å². The lowest BCUT2D eigenvalue weighted by Gasteiger charge is -2.56. The Balaban J connectivity index is 1.55. The van der Waals surface area contributed by atoms with E-state index in [1.807, 2.05) is 24.3 Å². The van der Waals surface area contributed by atoms with Gasteiger partial charge < -0.3 is 4.74 Å². The van der Waals surface area contributed by atoms with Crippen LogP contribution < -0.4 is 4.74 Å². The fourth-order valence-corrected chi connectivity index (χ4v) is 7.09. The molecule has 4 aliphatic rings. The lowest BCUT2D eigenvalue weighted by molar-refractivity contribution is -0.00721. The van der Waals surface area contributed by atoms with E-state index in [4.69, 9.17) is 9.72 Å². The van der Waals surface area contributed by atoms with Crippen LogP contribution in [-0.2, 0) is 5.41 Å². The first-order chi connectivity index (χ1) is 15.0. The highest BCUT2D eigenvalue weighted by molar-refractivity contribution is 5.84. The fourth-order valence-electron chi connectivity index (χ4n) is 7.09. The molecule has 7 rings (SSSR count). The van der Waals surface area contributed by atoms with Crippen LogP contribution in [0, 0.1) is 24.7 Å². The highest BCUT2D eigenvalue weighted by Gasteiger charge is 2.52. The molecule has 4 bridgehead atoms. The average Bonchev–Trinajstić information content (AvgIpc) is 3.09. The molecule has 0 radical (unpaired) electrons. The van der Waals surface area contributed by atoms with E-state index in [9.17, 15) is 8.78 Å². The van der Waals surface area contributed by atoms with E-state index < -0.39 is 6.43 Å². The molecule has 0 atom stereocenters. The number of aromatic nitrogens is 3. The third-order valence-electron chi connectivity index (χ3n) is 7.98. The van der Waals surface area contributed by atoms with Crippen molar-refractivity contribution in [2.75, 3.05) is 7.11 Å². The van der Waals surface area contributed by atoms with Crippen molar-refractivity contribution in [3.05, 3.63) is 47.3 Å². The molecule has 162 valence electrons. The number of benzene rings is 1. The van der Waals surface area contributed by atoms with Crippen molar-refractivity contribution in [2.45, 2.75) is 57.3 Å². The number of alkyl halides is 2. The first-order valence-electron chi connectivity index (χ1n) is 11.3. The fraction of sp³-hybridized carbons (Fsp3) is 0.520. The van der Waals surface area contributed by atoms with E-state index in [1.54, 1.807) is 24.8 Å². The molecule has 2 aromatic heterocycles. The van der Waals surface area contributed by atoms with Crippen molar-refractivity contribution in [1.82, 2.24) is 14.8 Å². The summed E-state index contributed by atoms with van der Waals surface area (Å²) in [6, 6.07) is 9.22. The molecule has 4 nitrogen and oxygen atoms in total. The van der Waals surface area contributed by atoms with Gasteiger partial charge in [-0.25, -0.2) is 18.4 Å². The highest BCUT2D eigenvalue weighted by atomic mass is 19.3. The highest BCUT2D eigenvalue weighted by Crippen LogP contribution is 2.60. The van der Waals surface area contributed by atoms with E-state index in [1.165, 1.54) is 19.3 Å². The van der Waals surface area contributed by atoms with E-state index in [-0.39, 0.29) is 11.0 Å². The summed E-state index contributed by atoms with van der Waals surface area (Å²) in [7, 11) is 1.62. The summed E-state index contributed by atoms with van der Waals surface area (Å²) in [6.45, 7) is 1.79. The van der Waals surface area contributed by atoms with Crippen LogP contribution in [0.1, 0.15) is 61.9 Å². The summed E-state index contributed by atoms with van der Waals surface area (Å²) in [5.41, 5.74) is 2.83. The monoisotopic (exact) mass is 423 g/mol. The standard InChI is InChI=1S/C25H27F2N3O/c1-14-22-20(23(26)27)10-21(25-11-15-7-16(12-25)9-17(8-15)13-25)28-24(22)30(29-14)18-3-5-19(31-2)6-4-18/h3-6,10,15-17,23H,7-9,11-13H2,1-2H3. The predicted molar refractivity (Wildman–Crippen MR) is 115 cm³/mol. The van der Waals surface area contributed by atoms with Gasteiger partial charge in [-0.05, 0) is 93.5 Å². The molecule has 1 aromatic carbocycles. The Hall–Kier alpha value is -2.50. The van der Waals surface area contributed by atoms with Gasteiger partial charge in [0.25, 0.3) is 6.43 Å². The van der Waals surface area contributed by atoms with Gasteiger partial charge in [-0.1, -0.05) is 0 Å². The van der Waals surface area contributed by atoms with Crippen LogP contribution in [0.4, 0.5) is 8.78 Å². The smallest absolute Gasteiger partial charge is 0.264 e. The molecule has 0 unspecified atom stereocenters. The second-order valence-electron chi connectivity index (χ2n) is 9.99. The Morgan fingerprint density at radius 3 is 2.19 bits per heavy atom. The minimum atomic E-state index is -2.55. The predicted octanol–water partition coefficient (Wildman–Crippen LogP) is 6.14. The molecule has 0 N–H and O–H groups in total. The lowest BCUT2D eigenvalue weighted by Crippen LogP contribution is -2.49. The van der Waals surface area contributed by atoms with Crippen LogP contribution >= 0.6 is 0 Å². The zero-order valence-corrected chi connectivity index (χ0v) is 17.9. The Morgan fingerprint density at radius 1 is 1.03 bits per heavy atom. The number of rotatable bonds is 4. The molecule has 0 spiro atoms. The van der Waals surface area contributed by atoms with Gasteiger partial charge in [0.1, 0.15) is 5.75 Å². The number of ether oxygens (including phenoxy) is 1. The second-order valence-corrected chi connectivity index (χ2v) is 9.99. The first-order valence-corrected chi connectivity index (χ1v) is 11.3. The van der Waals surface area contributed by atoms with Gasteiger partial charge in [-0.15, -0.1) is 0 Å². The van der Waals surface area contributed by atoms with Crippen molar-refractivity contribution in [3.63, 3.8) is 0 Å². The van der Waals surface area contributed by atoms with Gasteiger partial charge in [-0.2, -0.15) is 5.10 Å². The summed E-state index contributed by atoms with van der Waals surface area (Å²) in [4.78, 5) is 5.08. The quantitative estimate of drug-likeness (QED) is 0.506. The normalized spacial score (nSPS) is 29.3. The summed E-state index contributed by atoms with van der Waals surface area (Å²) >= 11 is 0. The van der Waals surface area contributed by atoms with Gasteiger partial charge >= 0.3 is 0 Å². The van der Waals surface area contributed by atoms with Crippen LogP contribution in [0.2, 0.25) is 0 Å². The molecule has 2 heterocycles. The first kappa shape index (κ1) is 19.2. The van der Waals surface area contributed by atoms with Gasteiger partial charge in [0, 0.05) is 16.7 Å². The number of aryl methyl sites for hydroxylation is 1. The van der Waals surface area contributed by atoms with Crippen molar-refractivity contribution in [2.24, 2.45) is 17.8 Å². The molecule has 0 saturated heterocycles. The maximum absolute atomic E-state index is 14.3. The van der Waals surface area contributed by atoms with Crippen LogP contribution in [0.25, 0.3) is 16.7 Å². The van der Waals surface area contributed by atoms with Gasteiger partial charge in [0.05, 0.1) is 23.9 Å². The molecule has 4 fully saturated rings. The SMILES string of the molecule is COc1ccc(-n2nc(C)c3c(C(F)F)cc(C45CC6CC(CC(C6)C4)C5)nc32)cc1. The largest absolute Gasteiger partial charge is 0.497 e. The van der Waals surface area contributed by atoms with Crippen LogP contribution in [-0.4, -0.2) is 21.9 Å². The van der Waals surface area contributed by atoms with Gasteiger partial charge in [0.2, 0.25) is 0 Å².